The molecule has 2 N–H and O–H groups in total. The number of anilines is 2. The highest BCUT2D eigenvalue weighted by Crippen LogP contribution is 2.23. The molecule has 0 radical (unpaired) electrons. The van der Waals surface area contributed by atoms with Gasteiger partial charge >= 0.3 is 0 Å². The lowest BCUT2D eigenvalue weighted by molar-refractivity contribution is -0.114. The summed E-state index contributed by atoms with van der Waals surface area (Å²) < 4.78 is 5.74. The Morgan fingerprint density at radius 1 is 0.923 bits per heavy atom. The van der Waals surface area contributed by atoms with Crippen molar-refractivity contribution in [3.63, 3.8) is 0 Å². The third-order valence-electron chi connectivity index (χ3n) is 3.74. The predicted octanol–water partition coefficient (Wildman–Crippen LogP) is 5.49. The van der Waals surface area contributed by atoms with Crippen LogP contribution in [-0.2, 0) is 4.79 Å². The van der Waals surface area contributed by atoms with E-state index >= 15 is 0 Å². The molecule has 3 aromatic carbocycles. The van der Waals surface area contributed by atoms with Gasteiger partial charge in [-0.3, -0.25) is 4.79 Å². The van der Waals surface area contributed by atoms with Crippen molar-refractivity contribution < 1.29 is 9.53 Å². The third kappa shape index (κ3) is 5.01. The van der Waals surface area contributed by atoms with Crippen molar-refractivity contribution in [3.8, 4) is 11.5 Å². The van der Waals surface area contributed by atoms with E-state index in [4.69, 9.17) is 16.3 Å². The Labute approximate surface area is 157 Å². The van der Waals surface area contributed by atoms with Crippen molar-refractivity contribution in [2.75, 3.05) is 17.2 Å². The third-order valence-corrected chi connectivity index (χ3v) is 4.15. The molecule has 1 amide bonds. The van der Waals surface area contributed by atoms with Crippen LogP contribution in [0.25, 0.3) is 0 Å². The first-order chi connectivity index (χ1) is 12.6. The maximum atomic E-state index is 12.0. The number of aryl methyl sites for hydroxylation is 1. The van der Waals surface area contributed by atoms with Gasteiger partial charge in [-0.2, -0.15) is 0 Å². The zero-order valence-electron chi connectivity index (χ0n) is 14.3. The summed E-state index contributed by atoms with van der Waals surface area (Å²) in [5.41, 5.74) is 2.49. The standard InChI is InChI=1S/C21H19ClN2O2/c1-15-7-8-17(13-20(15)22)24-21(25)14-23-16-9-11-19(12-10-16)26-18-5-3-2-4-6-18/h2-13,23H,14H2,1H3,(H,24,25). The number of rotatable bonds is 6. The molecule has 0 fully saturated rings. The minimum Gasteiger partial charge on any atom is -0.457 e. The van der Waals surface area contributed by atoms with Gasteiger partial charge in [0.05, 0.1) is 6.54 Å². The molecular formula is C21H19ClN2O2. The zero-order valence-corrected chi connectivity index (χ0v) is 15.1. The maximum Gasteiger partial charge on any atom is 0.243 e. The van der Waals surface area contributed by atoms with Crippen LogP contribution in [0.4, 0.5) is 11.4 Å². The normalized spacial score (nSPS) is 10.2. The van der Waals surface area contributed by atoms with Crippen LogP contribution >= 0.6 is 11.6 Å². The first-order valence-corrected chi connectivity index (χ1v) is 8.61. The number of carbonyl (C=O) groups excluding carboxylic acids is 1. The first-order valence-electron chi connectivity index (χ1n) is 8.23. The molecule has 0 heterocycles. The van der Waals surface area contributed by atoms with Crippen LogP contribution in [0.1, 0.15) is 5.56 Å². The first kappa shape index (κ1) is 17.8. The highest BCUT2D eigenvalue weighted by molar-refractivity contribution is 6.31. The molecular weight excluding hydrogens is 348 g/mol. The quantitative estimate of drug-likeness (QED) is 0.606. The molecule has 5 heteroatoms. The fourth-order valence-corrected chi connectivity index (χ4v) is 2.50. The fraction of sp³-hybridized carbons (Fsp3) is 0.0952. The van der Waals surface area contributed by atoms with Crippen molar-refractivity contribution in [2.45, 2.75) is 6.92 Å². The van der Waals surface area contributed by atoms with E-state index in [9.17, 15) is 4.79 Å². The van der Waals surface area contributed by atoms with Gasteiger partial charge in [-0.15, -0.1) is 0 Å². The zero-order chi connectivity index (χ0) is 18.4. The van der Waals surface area contributed by atoms with Crippen LogP contribution in [-0.4, -0.2) is 12.5 Å². The molecule has 3 aromatic rings. The maximum absolute atomic E-state index is 12.0. The predicted molar refractivity (Wildman–Crippen MR) is 106 cm³/mol. The molecule has 0 bridgehead atoms. The summed E-state index contributed by atoms with van der Waals surface area (Å²) >= 11 is 6.06. The summed E-state index contributed by atoms with van der Waals surface area (Å²) in [6.07, 6.45) is 0. The number of carbonyl (C=O) groups is 1. The van der Waals surface area contributed by atoms with E-state index in [1.54, 1.807) is 6.07 Å². The van der Waals surface area contributed by atoms with E-state index < -0.39 is 0 Å². The Morgan fingerprint density at radius 3 is 2.27 bits per heavy atom. The van der Waals surface area contributed by atoms with Gasteiger partial charge in [0.1, 0.15) is 11.5 Å². The number of nitrogens with one attached hydrogen (secondary N) is 2. The number of benzene rings is 3. The topological polar surface area (TPSA) is 50.4 Å². The number of halogens is 1. The fourth-order valence-electron chi connectivity index (χ4n) is 2.32. The summed E-state index contributed by atoms with van der Waals surface area (Å²) in [7, 11) is 0. The van der Waals surface area contributed by atoms with Gasteiger partial charge in [0, 0.05) is 16.4 Å². The second kappa shape index (κ2) is 8.41. The lowest BCUT2D eigenvalue weighted by atomic mass is 10.2. The molecule has 0 atom stereocenters. The number of para-hydroxylation sites is 1. The van der Waals surface area contributed by atoms with Crippen LogP contribution in [0.2, 0.25) is 5.02 Å². The number of ether oxygens (including phenoxy) is 1. The highest BCUT2D eigenvalue weighted by atomic mass is 35.5. The second-order valence-corrected chi connectivity index (χ2v) is 6.21. The van der Waals surface area contributed by atoms with E-state index in [0.29, 0.717) is 10.7 Å². The van der Waals surface area contributed by atoms with Gasteiger partial charge in [0.2, 0.25) is 5.91 Å². The largest absolute Gasteiger partial charge is 0.457 e. The highest BCUT2D eigenvalue weighted by Gasteiger charge is 2.04. The molecule has 0 unspecified atom stereocenters. The van der Waals surface area contributed by atoms with Crippen molar-refractivity contribution in [1.29, 1.82) is 0 Å². The molecule has 4 nitrogen and oxygen atoms in total. The van der Waals surface area contributed by atoms with Crippen LogP contribution in [0, 0.1) is 6.92 Å². The molecule has 0 aliphatic carbocycles. The van der Waals surface area contributed by atoms with Crippen LogP contribution in [0.5, 0.6) is 11.5 Å². The molecule has 0 aromatic heterocycles. The Balaban J connectivity index is 1.51. The van der Waals surface area contributed by atoms with Gasteiger partial charge in [-0.25, -0.2) is 0 Å². The minimum absolute atomic E-state index is 0.144. The Bertz CT molecular complexity index is 880. The number of amides is 1. The van der Waals surface area contributed by atoms with E-state index in [1.807, 2.05) is 73.7 Å². The molecule has 0 saturated carbocycles. The van der Waals surface area contributed by atoms with Gasteiger partial charge in [0.15, 0.2) is 0 Å². The SMILES string of the molecule is Cc1ccc(NC(=O)CNc2ccc(Oc3ccccc3)cc2)cc1Cl. The van der Waals surface area contributed by atoms with Gasteiger partial charge in [-0.05, 0) is 61.0 Å². The lowest BCUT2D eigenvalue weighted by Gasteiger charge is -2.10. The van der Waals surface area contributed by atoms with Crippen LogP contribution in [0.3, 0.4) is 0 Å². The summed E-state index contributed by atoms with van der Waals surface area (Å²) in [4.78, 5) is 12.0. The minimum atomic E-state index is -0.144. The average molecular weight is 367 g/mol. The lowest BCUT2D eigenvalue weighted by Crippen LogP contribution is -2.21. The summed E-state index contributed by atoms with van der Waals surface area (Å²) in [5, 5.41) is 6.52. The van der Waals surface area contributed by atoms with Gasteiger partial charge in [-0.1, -0.05) is 35.9 Å². The molecule has 3 rings (SSSR count). The molecule has 0 saturated heterocycles. The molecule has 132 valence electrons. The number of hydrogen-bond donors (Lipinski definition) is 2. The number of hydrogen-bond acceptors (Lipinski definition) is 3. The van der Waals surface area contributed by atoms with E-state index in [0.717, 1.165) is 22.7 Å². The van der Waals surface area contributed by atoms with Crippen molar-refractivity contribution in [3.05, 3.63) is 83.4 Å². The smallest absolute Gasteiger partial charge is 0.243 e. The van der Waals surface area contributed by atoms with Gasteiger partial charge in [0.25, 0.3) is 0 Å². The van der Waals surface area contributed by atoms with Crippen molar-refractivity contribution >= 4 is 28.9 Å². The molecule has 0 spiro atoms. The van der Waals surface area contributed by atoms with Crippen molar-refractivity contribution in [1.82, 2.24) is 0 Å². The van der Waals surface area contributed by atoms with Crippen LogP contribution < -0.4 is 15.4 Å². The Hall–Kier alpha value is -2.98. The van der Waals surface area contributed by atoms with E-state index in [2.05, 4.69) is 10.6 Å². The molecule has 26 heavy (non-hydrogen) atoms. The summed E-state index contributed by atoms with van der Waals surface area (Å²) in [5.74, 6) is 1.37. The monoisotopic (exact) mass is 366 g/mol. The van der Waals surface area contributed by atoms with Crippen LogP contribution in [0.15, 0.2) is 72.8 Å². The van der Waals surface area contributed by atoms with Gasteiger partial charge < -0.3 is 15.4 Å². The molecule has 0 aliphatic rings. The Kier molecular flexibility index (Phi) is 5.77. The summed E-state index contributed by atoms with van der Waals surface area (Å²) in [6, 6.07) is 22.5. The Morgan fingerprint density at radius 2 is 1.58 bits per heavy atom. The average Bonchev–Trinajstić information content (AvgIpc) is 2.65. The van der Waals surface area contributed by atoms with E-state index in [1.165, 1.54) is 0 Å². The second-order valence-electron chi connectivity index (χ2n) is 5.81. The summed E-state index contributed by atoms with van der Waals surface area (Å²) in [6.45, 7) is 2.07. The molecule has 0 aliphatic heterocycles. The van der Waals surface area contributed by atoms with Crippen molar-refractivity contribution in [2.24, 2.45) is 0 Å². The van der Waals surface area contributed by atoms with E-state index in [-0.39, 0.29) is 12.5 Å².